The minimum Gasteiger partial charge on any atom is -0.491 e. The van der Waals surface area contributed by atoms with Crippen LogP contribution in [0.15, 0.2) is 57.6 Å². The van der Waals surface area contributed by atoms with Crippen molar-refractivity contribution < 1.29 is 41.6 Å². The molecule has 3 heterocycles. The average molecular weight is 599 g/mol. The molecule has 2 aliphatic rings. The monoisotopic (exact) mass is 598 g/mol. The molecule has 0 spiro atoms. The molecule has 1 saturated carbocycles. The van der Waals surface area contributed by atoms with Gasteiger partial charge in [0.1, 0.15) is 29.7 Å². The first-order valence-electron chi connectivity index (χ1n) is 14.1. The first kappa shape index (κ1) is 28.9. The van der Waals surface area contributed by atoms with Crippen molar-refractivity contribution in [1.82, 2.24) is 20.6 Å². The van der Waals surface area contributed by atoms with Crippen LogP contribution in [-0.4, -0.2) is 51.7 Å². The van der Waals surface area contributed by atoms with Gasteiger partial charge < -0.3 is 28.9 Å². The van der Waals surface area contributed by atoms with Crippen LogP contribution >= 0.6 is 0 Å². The fourth-order valence-corrected chi connectivity index (χ4v) is 5.65. The van der Waals surface area contributed by atoms with Crippen molar-refractivity contribution in [3.8, 4) is 40.0 Å². The minimum absolute atomic E-state index is 0.0142. The molecule has 2 atom stereocenters. The predicted octanol–water partition coefficient (Wildman–Crippen LogP) is 5.58. The molecule has 4 aromatic rings. The standard InChI is InChI=1S/C30H29F3N4O6/c1-2-40-29(39)17-8-11-19(12-9-17)34-21-15-41-22-14-18(10-13-20(22)25(21)38)27-35-28(43-37-27)26-23(30(31,32)33)24(36-42-26)16-6-4-3-5-7-16/h3-7,10,13-14,17,19,21,25,34,38H,2,8-9,11-12,15H2,1H3. The molecule has 1 aliphatic heterocycles. The van der Waals surface area contributed by atoms with Crippen LogP contribution in [0.25, 0.3) is 34.3 Å². The first-order valence-corrected chi connectivity index (χ1v) is 14.1. The highest BCUT2D eigenvalue weighted by Gasteiger charge is 2.43. The first-order chi connectivity index (χ1) is 20.7. The Morgan fingerprint density at radius 2 is 1.81 bits per heavy atom. The summed E-state index contributed by atoms with van der Waals surface area (Å²) >= 11 is 0. The Kier molecular flexibility index (Phi) is 7.93. The molecule has 2 unspecified atom stereocenters. The maximum Gasteiger partial charge on any atom is 0.422 e. The summed E-state index contributed by atoms with van der Waals surface area (Å²) in [5.74, 6) is -0.982. The van der Waals surface area contributed by atoms with Crippen LogP contribution in [-0.2, 0) is 15.7 Å². The van der Waals surface area contributed by atoms with Gasteiger partial charge in [-0.25, -0.2) is 0 Å². The van der Waals surface area contributed by atoms with Gasteiger partial charge in [0.05, 0.1) is 18.6 Å². The average Bonchev–Trinajstić information content (AvgIpc) is 3.68. The number of carbonyl (C=O) groups excluding carboxylic acids is 1. The predicted molar refractivity (Wildman–Crippen MR) is 145 cm³/mol. The van der Waals surface area contributed by atoms with Crippen LogP contribution in [0.2, 0.25) is 0 Å². The normalized spacial score (nSPS) is 22.1. The van der Waals surface area contributed by atoms with Gasteiger partial charge in [-0.05, 0) is 38.7 Å². The molecule has 1 fully saturated rings. The van der Waals surface area contributed by atoms with Crippen molar-refractivity contribution in [1.29, 1.82) is 0 Å². The highest BCUT2D eigenvalue weighted by molar-refractivity contribution is 5.72. The number of aliphatic hydroxyl groups is 1. The molecule has 2 aromatic heterocycles. The summed E-state index contributed by atoms with van der Waals surface area (Å²) in [7, 11) is 0. The molecule has 226 valence electrons. The molecule has 2 aromatic carbocycles. The third-order valence-electron chi connectivity index (χ3n) is 7.83. The lowest BCUT2D eigenvalue weighted by Gasteiger charge is -2.36. The minimum atomic E-state index is -4.80. The summed E-state index contributed by atoms with van der Waals surface area (Å²) in [5.41, 5.74) is -0.292. The molecule has 43 heavy (non-hydrogen) atoms. The number of nitrogens with zero attached hydrogens (tertiary/aromatic N) is 3. The SMILES string of the molecule is CCOC(=O)C1CCC(NC2COc3cc(-c4noc(-c5onc(-c6ccccc6)c5C(F)(F)F)n4)ccc3C2O)CC1. The van der Waals surface area contributed by atoms with Gasteiger partial charge in [-0.1, -0.05) is 52.8 Å². The van der Waals surface area contributed by atoms with E-state index in [0.29, 0.717) is 23.5 Å². The van der Waals surface area contributed by atoms with E-state index >= 15 is 0 Å². The number of hydrogen-bond acceptors (Lipinski definition) is 10. The number of alkyl halides is 3. The Hall–Kier alpha value is -4.23. The molecule has 0 radical (unpaired) electrons. The van der Waals surface area contributed by atoms with Gasteiger partial charge in [0.2, 0.25) is 11.6 Å². The number of nitrogens with one attached hydrogen (secondary N) is 1. The van der Waals surface area contributed by atoms with Crippen LogP contribution in [0.5, 0.6) is 5.75 Å². The number of rotatable bonds is 7. The van der Waals surface area contributed by atoms with E-state index in [0.717, 1.165) is 25.7 Å². The zero-order valence-electron chi connectivity index (χ0n) is 23.1. The molecule has 2 N–H and O–H groups in total. The lowest BCUT2D eigenvalue weighted by atomic mass is 9.85. The number of aliphatic hydroxyl groups excluding tert-OH is 1. The number of esters is 1. The fraction of sp³-hybridized carbons (Fsp3) is 0.400. The second kappa shape index (κ2) is 11.8. The second-order valence-corrected chi connectivity index (χ2v) is 10.6. The number of fused-ring (bicyclic) bond motifs is 1. The van der Waals surface area contributed by atoms with E-state index in [1.807, 2.05) is 0 Å². The summed E-state index contributed by atoms with van der Waals surface area (Å²) in [5, 5.41) is 22.1. The van der Waals surface area contributed by atoms with Crippen LogP contribution in [0, 0.1) is 5.92 Å². The van der Waals surface area contributed by atoms with E-state index in [1.54, 1.807) is 43.3 Å². The quantitative estimate of drug-likeness (QED) is 0.260. The van der Waals surface area contributed by atoms with E-state index in [1.165, 1.54) is 12.1 Å². The van der Waals surface area contributed by atoms with E-state index < -0.39 is 29.5 Å². The summed E-state index contributed by atoms with van der Waals surface area (Å²) in [6.45, 7) is 2.36. The zero-order chi connectivity index (χ0) is 30.1. The van der Waals surface area contributed by atoms with Gasteiger partial charge in [0, 0.05) is 22.7 Å². The molecule has 0 saturated heterocycles. The summed E-state index contributed by atoms with van der Waals surface area (Å²) < 4.78 is 63.5. The molecular weight excluding hydrogens is 569 g/mol. The molecule has 13 heteroatoms. The van der Waals surface area contributed by atoms with Gasteiger partial charge >= 0.3 is 12.1 Å². The lowest BCUT2D eigenvalue weighted by molar-refractivity contribution is -0.149. The molecule has 0 amide bonds. The van der Waals surface area contributed by atoms with Crippen molar-refractivity contribution in [2.75, 3.05) is 13.2 Å². The van der Waals surface area contributed by atoms with Crippen LogP contribution in [0.4, 0.5) is 13.2 Å². The Morgan fingerprint density at radius 3 is 2.53 bits per heavy atom. The Labute approximate surface area is 244 Å². The Bertz CT molecular complexity index is 1580. The number of ether oxygens (including phenoxy) is 2. The number of aromatic nitrogens is 3. The summed E-state index contributed by atoms with van der Waals surface area (Å²) in [6.07, 6.45) is -2.64. The number of halogens is 3. The van der Waals surface area contributed by atoms with Crippen molar-refractivity contribution in [3.63, 3.8) is 0 Å². The summed E-state index contributed by atoms with van der Waals surface area (Å²) in [4.78, 5) is 16.2. The van der Waals surface area contributed by atoms with E-state index in [2.05, 4.69) is 20.6 Å². The van der Waals surface area contributed by atoms with Crippen LogP contribution < -0.4 is 10.1 Å². The Balaban J connectivity index is 1.17. The number of hydrogen-bond donors (Lipinski definition) is 2. The maximum absolute atomic E-state index is 14.1. The van der Waals surface area contributed by atoms with Gasteiger partial charge in [-0.3, -0.25) is 4.79 Å². The Morgan fingerprint density at radius 1 is 1.05 bits per heavy atom. The molecule has 10 nitrogen and oxygen atoms in total. The van der Waals surface area contributed by atoms with E-state index in [9.17, 15) is 23.1 Å². The van der Waals surface area contributed by atoms with Crippen molar-refractivity contribution in [2.24, 2.45) is 5.92 Å². The van der Waals surface area contributed by atoms with Gasteiger partial charge in [-0.15, -0.1) is 0 Å². The topological polar surface area (TPSA) is 133 Å². The molecule has 0 bridgehead atoms. The van der Waals surface area contributed by atoms with Gasteiger partial charge in [-0.2, -0.15) is 18.2 Å². The molecular formula is C30H29F3N4O6. The smallest absolute Gasteiger partial charge is 0.422 e. The maximum atomic E-state index is 14.1. The second-order valence-electron chi connectivity index (χ2n) is 10.6. The third-order valence-corrected chi connectivity index (χ3v) is 7.83. The number of benzene rings is 2. The largest absolute Gasteiger partial charge is 0.491 e. The van der Waals surface area contributed by atoms with E-state index in [4.69, 9.17) is 18.5 Å². The molecule has 6 rings (SSSR count). The van der Waals surface area contributed by atoms with Gasteiger partial charge in [0.15, 0.2) is 0 Å². The number of carbonyl (C=O) groups is 1. The van der Waals surface area contributed by atoms with Crippen LogP contribution in [0.1, 0.15) is 49.8 Å². The van der Waals surface area contributed by atoms with Gasteiger partial charge in [0.25, 0.3) is 5.89 Å². The zero-order valence-corrected chi connectivity index (χ0v) is 23.1. The lowest BCUT2D eigenvalue weighted by Crippen LogP contribution is -2.48. The summed E-state index contributed by atoms with van der Waals surface area (Å²) in [6, 6.07) is 12.5. The van der Waals surface area contributed by atoms with Crippen molar-refractivity contribution >= 4 is 5.97 Å². The van der Waals surface area contributed by atoms with Crippen LogP contribution in [0.3, 0.4) is 0 Å². The fourth-order valence-electron chi connectivity index (χ4n) is 5.65. The highest BCUT2D eigenvalue weighted by Crippen LogP contribution is 2.43. The van der Waals surface area contributed by atoms with Crippen molar-refractivity contribution in [2.45, 2.75) is 57.0 Å². The van der Waals surface area contributed by atoms with Crippen molar-refractivity contribution in [3.05, 3.63) is 59.7 Å². The van der Waals surface area contributed by atoms with E-state index in [-0.39, 0.29) is 47.7 Å². The molecule has 1 aliphatic carbocycles. The third kappa shape index (κ3) is 5.87. The highest BCUT2D eigenvalue weighted by atomic mass is 19.4.